The number of tetrazole rings is 1. The van der Waals surface area contributed by atoms with Crippen LogP contribution in [0.5, 0.6) is 0 Å². The maximum absolute atomic E-state index is 6.05. The number of fused-ring (bicyclic) bond motifs is 1. The third-order valence-corrected chi connectivity index (χ3v) is 4.81. The maximum atomic E-state index is 6.05. The Morgan fingerprint density at radius 1 is 1.04 bits per heavy atom. The standard InChI is InChI=1S/C18H16ClN9/c19-14-5-1-6-15(10-14)28-24-16(21-25-28)12-26-8-3-9-27-17(22-23-18(26)27)13-4-2-7-20-11-13/h1-2,4-7,10-11H,3,8-9,12H2. The minimum absolute atomic E-state index is 0.506. The van der Waals surface area contributed by atoms with Crippen LogP contribution in [-0.4, -0.2) is 46.5 Å². The van der Waals surface area contributed by atoms with E-state index >= 15 is 0 Å². The molecule has 3 aromatic heterocycles. The van der Waals surface area contributed by atoms with Gasteiger partial charge in [0.15, 0.2) is 11.6 Å². The second-order valence-electron chi connectivity index (χ2n) is 6.47. The number of hydrogen-bond acceptors (Lipinski definition) is 7. The second kappa shape index (κ2) is 7.01. The van der Waals surface area contributed by atoms with Gasteiger partial charge in [-0.1, -0.05) is 17.7 Å². The molecule has 0 unspecified atom stereocenters. The van der Waals surface area contributed by atoms with Gasteiger partial charge in [-0.25, -0.2) is 0 Å². The Morgan fingerprint density at radius 3 is 2.86 bits per heavy atom. The second-order valence-corrected chi connectivity index (χ2v) is 6.90. The van der Waals surface area contributed by atoms with Gasteiger partial charge in [0.25, 0.3) is 0 Å². The summed E-state index contributed by atoms with van der Waals surface area (Å²) < 4.78 is 2.11. The van der Waals surface area contributed by atoms with E-state index in [1.165, 1.54) is 4.80 Å². The molecule has 28 heavy (non-hydrogen) atoms. The quantitative estimate of drug-likeness (QED) is 0.525. The highest BCUT2D eigenvalue weighted by Crippen LogP contribution is 2.26. The van der Waals surface area contributed by atoms with E-state index in [0.717, 1.165) is 42.5 Å². The van der Waals surface area contributed by atoms with Crippen LogP contribution in [-0.2, 0) is 13.1 Å². The van der Waals surface area contributed by atoms with Gasteiger partial charge in [-0.2, -0.15) is 0 Å². The van der Waals surface area contributed by atoms with Crippen molar-refractivity contribution in [3.05, 3.63) is 59.6 Å². The van der Waals surface area contributed by atoms with E-state index in [-0.39, 0.29) is 0 Å². The molecule has 4 aromatic rings. The smallest absolute Gasteiger partial charge is 0.227 e. The van der Waals surface area contributed by atoms with Gasteiger partial charge in [-0.3, -0.25) is 9.55 Å². The van der Waals surface area contributed by atoms with Crippen molar-refractivity contribution in [2.24, 2.45) is 0 Å². The molecule has 9 nitrogen and oxygen atoms in total. The molecular weight excluding hydrogens is 378 g/mol. The van der Waals surface area contributed by atoms with Crippen LogP contribution in [0.25, 0.3) is 17.1 Å². The van der Waals surface area contributed by atoms with Crippen LogP contribution < -0.4 is 4.90 Å². The molecule has 1 aliphatic rings. The molecule has 1 aliphatic heterocycles. The number of aromatic nitrogens is 8. The Bertz CT molecular complexity index is 1110. The summed E-state index contributed by atoms with van der Waals surface area (Å²) in [7, 11) is 0. The van der Waals surface area contributed by atoms with Crippen LogP contribution >= 0.6 is 11.6 Å². The van der Waals surface area contributed by atoms with Crippen LogP contribution in [0.4, 0.5) is 5.95 Å². The lowest BCUT2D eigenvalue weighted by Crippen LogP contribution is -2.32. The lowest BCUT2D eigenvalue weighted by Gasteiger charge is -2.27. The molecule has 0 N–H and O–H groups in total. The fourth-order valence-corrected chi connectivity index (χ4v) is 3.48. The van der Waals surface area contributed by atoms with Gasteiger partial charge >= 0.3 is 0 Å². The van der Waals surface area contributed by atoms with Crippen molar-refractivity contribution in [1.82, 2.24) is 40.0 Å². The van der Waals surface area contributed by atoms with Crippen molar-refractivity contribution < 1.29 is 0 Å². The zero-order chi connectivity index (χ0) is 18.9. The van der Waals surface area contributed by atoms with Crippen molar-refractivity contribution in [3.63, 3.8) is 0 Å². The molecule has 4 heterocycles. The number of pyridine rings is 1. The Labute approximate surface area is 165 Å². The minimum atomic E-state index is 0.506. The molecule has 0 spiro atoms. The molecule has 5 rings (SSSR count). The molecule has 10 heteroatoms. The van der Waals surface area contributed by atoms with Gasteiger partial charge in [0.05, 0.1) is 12.2 Å². The monoisotopic (exact) mass is 393 g/mol. The van der Waals surface area contributed by atoms with E-state index in [4.69, 9.17) is 11.6 Å². The van der Waals surface area contributed by atoms with Crippen LogP contribution in [0.1, 0.15) is 12.2 Å². The Balaban J connectivity index is 1.40. The first-order chi connectivity index (χ1) is 13.8. The fourth-order valence-electron chi connectivity index (χ4n) is 3.30. The third-order valence-electron chi connectivity index (χ3n) is 4.57. The minimum Gasteiger partial charge on any atom is -0.333 e. The highest BCUT2D eigenvalue weighted by molar-refractivity contribution is 6.30. The number of hydrogen-bond donors (Lipinski definition) is 0. The summed E-state index contributed by atoms with van der Waals surface area (Å²) in [5.41, 5.74) is 1.72. The molecule has 0 saturated carbocycles. The number of anilines is 1. The Hall–Kier alpha value is -3.33. The first-order valence-electron chi connectivity index (χ1n) is 8.91. The van der Waals surface area contributed by atoms with Crippen molar-refractivity contribution in [3.8, 4) is 17.1 Å². The zero-order valence-corrected chi connectivity index (χ0v) is 15.6. The van der Waals surface area contributed by atoms with Gasteiger partial charge in [-0.05, 0) is 42.0 Å². The van der Waals surface area contributed by atoms with Crippen LogP contribution in [0, 0.1) is 0 Å². The fraction of sp³-hybridized carbons (Fsp3) is 0.222. The largest absolute Gasteiger partial charge is 0.333 e. The lowest BCUT2D eigenvalue weighted by molar-refractivity contribution is 0.551. The van der Waals surface area contributed by atoms with Gasteiger partial charge in [0.2, 0.25) is 5.95 Å². The Morgan fingerprint density at radius 2 is 2.00 bits per heavy atom. The molecule has 0 amide bonds. The van der Waals surface area contributed by atoms with E-state index in [2.05, 4.69) is 40.1 Å². The average molecular weight is 394 g/mol. The van der Waals surface area contributed by atoms with Crippen LogP contribution in [0.15, 0.2) is 48.8 Å². The van der Waals surface area contributed by atoms with Gasteiger partial charge in [0.1, 0.15) is 0 Å². The van der Waals surface area contributed by atoms with E-state index in [9.17, 15) is 0 Å². The summed E-state index contributed by atoms with van der Waals surface area (Å²) in [6.45, 7) is 2.23. The summed E-state index contributed by atoms with van der Waals surface area (Å²) in [5, 5.41) is 22.2. The maximum Gasteiger partial charge on any atom is 0.227 e. The van der Waals surface area contributed by atoms with Gasteiger partial charge < -0.3 is 4.90 Å². The summed E-state index contributed by atoms with van der Waals surface area (Å²) in [6.07, 6.45) is 4.54. The molecule has 0 radical (unpaired) electrons. The normalized spacial score (nSPS) is 13.5. The number of halogens is 1. The first kappa shape index (κ1) is 16.8. The topological polar surface area (TPSA) is 90.4 Å². The van der Waals surface area contributed by atoms with Gasteiger partial charge in [0, 0.05) is 36.1 Å². The summed E-state index contributed by atoms with van der Waals surface area (Å²) in [6, 6.07) is 11.2. The highest BCUT2D eigenvalue weighted by Gasteiger charge is 2.24. The molecule has 0 bridgehead atoms. The van der Waals surface area contributed by atoms with Crippen molar-refractivity contribution in [2.75, 3.05) is 11.4 Å². The number of nitrogens with zero attached hydrogens (tertiary/aromatic N) is 9. The molecule has 0 saturated heterocycles. The first-order valence-corrected chi connectivity index (χ1v) is 9.29. The number of rotatable bonds is 4. The average Bonchev–Trinajstić information content (AvgIpc) is 3.36. The lowest BCUT2D eigenvalue weighted by atomic mass is 10.2. The summed E-state index contributed by atoms with van der Waals surface area (Å²) in [4.78, 5) is 7.78. The van der Waals surface area contributed by atoms with E-state index in [1.807, 2.05) is 30.3 Å². The van der Waals surface area contributed by atoms with Crippen LogP contribution in [0.2, 0.25) is 5.02 Å². The van der Waals surface area contributed by atoms with E-state index in [0.29, 0.717) is 17.4 Å². The Kier molecular flexibility index (Phi) is 4.21. The molecule has 0 aliphatic carbocycles. The number of benzene rings is 1. The zero-order valence-electron chi connectivity index (χ0n) is 14.9. The summed E-state index contributed by atoms with van der Waals surface area (Å²) >= 11 is 6.05. The highest BCUT2D eigenvalue weighted by atomic mass is 35.5. The molecule has 1 aromatic carbocycles. The van der Waals surface area contributed by atoms with Crippen molar-refractivity contribution in [2.45, 2.75) is 19.5 Å². The predicted octanol–water partition coefficient (Wildman–Crippen LogP) is 2.38. The van der Waals surface area contributed by atoms with E-state index in [1.54, 1.807) is 18.5 Å². The van der Waals surface area contributed by atoms with Crippen LogP contribution in [0.3, 0.4) is 0 Å². The molecular formula is C18H16ClN9. The van der Waals surface area contributed by atoms with Gasteiger partial charge in [-0.15, -0.1) is 25.2 Å². The third kappa shape index (κ3) is 3.09. The molecule has 0 atom stereocenters. The summed E-state index contributed by atoms with van der Waals surface area (Å²) in [5.74, 6) is 2.24. The van der Waals surface area contributed by atoms with Crippen molar-refractivity contribution in [1.29, 1.82) is 0 Å². The van der Waals surface area contributed by atoms with Crippen molar-refractivity contribution >= 4 is 17.5 Å². The molecule has 0 fully saturated rings. The predicted molar refractivity (Wildman–Crippen MR) is 103 cm³/mol. The molecule has 140 valence electrons. The SMILES string of the molecule is Clc1cccc(-n2nnc(CN3CCCn4c(-c5cccnc5)nnc43)n2)c1. The van der Waals surface area contributed by atoms with E-state index < -0.39 is 0 Å².